The van der Waals surface area contributed by atoms with Crippen molar-refractivity contribution < 1.29 is 0 Å². The summed E-state index contributed by atoms with van der Waals surface area (Å²) >= 11 is 2.05. The number of nitrogens with zero attached hydrogens (tertiary/aromatic N) is 4. The van der Waals surface area contributed by atoms with Crippen LogP contribution in [-0.4, -0.2) is 57.5 Å². The lowest BCUT2D eigenvalue weighted by atomic mass is 10.2. The van der Waals surface area contributed by atoms with Crippen LogP contribution in [0.25, 0.3) is 21.8 Å². The molecule has 1 fully saturated rings. The van der Waals surface area contributed by atoms with Crippen molar-refractivity contribution in [2.45, 2.75) is 13.1 Å². The Morgan fingerprint density at radius 1 is 0.581 bits per heavy atom. The summed E-state index contributed by atoms with van der Waals surface area (Å²) in [6.45, 7) is 6.16. The van der Waals surface area contributed by atoms with Crippen LogP contribution < -0.4 is 0 Å². The molecule has 0 aliphatic carbocycles. The van der Waals surface area contributed by atoms with Crippen LogP contribution in [0.5, 0.6) is 0 Å². The van der Waals surface area contributed by atoms with E-state index in [1.165, 1.54) is 22.3 Å². The van der Waals surface area contributed by atoms with Crippen molar-refractivity contribution in [3.63, 3.8) is 0 Å². The van der Waals surface area contributed by atoms with Crippen LogP contribution >= 0.6 is 11.8 Å². The summed E-state index contributed by atoms with van der Waals surface area (Å²) in [4.78, 5) is 14.9. The van der Waals surface area contributed by atoms with E-state index in [1.807, 2.05) is 0 Å². The van der Waals surface area contributed by atoms with Crippen LogP contribution in [0.15, 0.2) is 72.8 Å². The summed E-state index contributed by atoms with van der Waals surface area (Å²) in [5.74, 6) is 2.35. The van der Waals surface area contributed by atoms with Gasteiger partial charge in [-0.15, -0.1) is 0 Å². The maximum absolute atomic E-state index is 4.89. The van der Waals surface area contributed by atoms with E-state index >= 15 is 0 Å². The molecule has 1 saturated heterocycles. The molecule has 3 heterocycles. The molecule has 0 spiro atoms. The molecule has 0 bridgehead atoms. The molecule has 5 rings (SSSR count). The third kappa shape index (κ3) is 5.24. The molecule has 0 N–H and O–H groups in total. The first-order valence-corrected chi connectivity index (χ1v) is 12.2. The second-order valence-corrected chi connectivity index (χ2v) is 9.38. The maximum Gasteiger partial charge on any atom is 0.0705 e. The van der Waals surface area contributed by atoms with Crippen LogP contribution in [0.2, 0.25) is 0 Å². The van der Waals surface area contributed by atoms with Gasteiger partial charge in [0.05, 0.1) is 22.4 Å². The zero-order valence-corrected chi connectivity index (χ0v) is 18.6. The minimum Gasteiger partial charge on any atom is -0.295 e. The number of fused-ring (bicyclic) bond motifs is 2. The number of hydrogen-bond donors (Lipinski definition) is 0. The van der Waals surface area contributed by atoms with Gasteiger partial charge in [-0.25, -0.2) is 0 Å². The molecule has 4 nitrogen and oxygen atoms in total. The fourth-order valence-electron chi connectivity index (χ4n) is 4.16. The average molecular weight is 429 g/mol. The van der Waals surface area contributed by atoms with Gasteiger partial charge < -0.3 is 0 Å². The van der Waals surface area contributed by atoms with Crippen molar-refractivity contribution in [2.24, 2.45) is 0 Å². The number of rotatable bonds is 4. The zero-order chi connectivity index (χ0) is 20.9. The number of benzene rings is 2. The summed E-state index contributed by atoms with van der Waals surface area (Å²) < 4.78 is 0. The number of para-hydroxylation sites is 2. The highest BCUT2D eigenvalue weighted by Crippen LogP contribution is 2.16. The highest BCUT2D eigenvalue weighted by molar-refractivity contribution is 7.99. The standard InChI is InChI=1S/C26H28N4S/c1-3-7-25-21(5-1)9-11-23(27-25)19-29-13-14-30(16-18-31-17-15-29)20-24-12-10-22-6-2-4-8-26(22)28-24/h1-12H,13-20H2. The van der Waals surface area contributed by atoms with Gasteiger partial charge in [-0.05, 0) is 24.3 Å². The highest BCUT2D eigenvalue weighted by Gasteiger charge is 2.14. The predicted molar refractivity (Wildman–Crippen MR) is 131 cm³/mol. The van der Waals surface area contributed by atoms with Crippen molar-refractivity contribution in [1.29, 1.82) is 0 Å². The maximum atomic E-state index is 4.89. The molecule has 0 saturated carbocycles. The molecule has 0 unspecified atom stereocenters. The molecule has 0 atom stereocenters. The van der Waals surface area contributed by atoms with E-state index < -0.39 is 0 Å². The first-order valence-electron chi connectivity index (χ1n) is 11.1. The Morgan fingerprint density at radius 3 is 1.58 bits per heavy atom. The Bertz CT molecular complexity index is 1070. The van der Waals surface area contributed by atoms with Crippen molar-refractivity contribution in [1.82, 2.24) is 19.8 Å². The molecule has 2 aromatic heterocycles. The first-order chi connectivity index (χ1) is 15.3. The normalized spacial score (nSPS) is 16.8. The topological polar surface area (TPSA) is 32.3 Å². The summed E-state index contributed by atoms with van der Waals surface area (Å²) in [6.07, 6.45) is 0. The van der Waals surface area contributed by atoms with Crippen LogP contribution in [0.4, 0.5) is 0 Å². The number of hydrogen-bond acceptors (Lipinski definition) is 5. The second kappa shape index (κ2) is 9.77. The summed E-state index contributed by atoms with van der Waals surface area (Å²) in [6, 6.07) is 25.5. The van der Waals surface area contributed by atoms with Gasteiger partial charge in [-0.1, -0.05) is 48.5 Å². The monoisotopic (exact) mass is 428 g/mol. The van der Waals surface area contributed by atoms with E-state index in [0.717, 1.165) is 61.7 Å². The lowest BCUT2D eigenvalue weighted by Gasteiger charge is -2.25. The molecule has 5 heteroatoms. The third-order valence-electron chi connectivity index (χ3n) is 5.92. The van der Waals surface area contributed by atoms with Gasteiger partial charge in [-0.3, -0.25) is 19.8 Å². The van der Waals surface area contributed by atoms with E-state index in [9.17, 15) is 0 Å². The smallest absolute Gasteiger partial charge is 0.0705 e. The van der Waals surface area contributed by atoms with Crippen LogP contribution in [0, 0.1) is 0 Å². The molecule has 2 aromatic carbocycles. The van der Waals surface area contributed by atoms with Crippen molar-refractivity contribution in [2.75, 3.05) is 37.7 Å². The van der Waals surface area contributed by atoms with Gasteiger partial charge in [-0.2, -0.15) is 11.8 Å². The Balaban J connectivity index is 1.25. The summed E-state index contributed by atoms with van der Waals surface area (Å²) in [7, 11) is 0. The van der Waals surface area contributed by atoms with Crippen LogP contribution in [0.1, 0.15) is 11.4 Å². The number of aromatic nitrogens is 2. The molecule has 31 heavy (non-hydrogen) atoms. The van der Waals surface area contributed by atoms with Gasteiger partial charge in [0, 0.05) is 61.5 Å². The van der Waals surface area contributed by atoms with Crippen molar-refractivity contribution in [3.8, 4) is 0 Å². The van der Waals surface area contributed by atoms with Crippen molar-refractivity contribution in [3.05, 3.63) is 84.2 Å². The minimum atomic E-state index is 0.910. The quantitative estimate of drug-likeness (QED) is 0.465. The Hall–Kier alpha value is -2.47. The van der Waals surface area contributed by atoms with E-state index in [4.69, 9.17) is 9.97 Å². The summed E-state index contributed by atoms with van der Waals surface area (Å²) in [5.41, 5.74) is 4.49. The van der Waals surface area contributed by atoms with Crippen LogP contribution in [0.3, 0.4) is 0 Å². The Kier molecular flexibility index (Phi) is 6.44. The molecule has 158 valence electrons. The van der Waals surface area contributed by atoms with E-state index in [2.05, 4.69) is 94.4 Å². The van der Waals surface area contributed by atoms with E-state index in [0.29, 0.717) is 0 Å². The predicted octanol–water partition coefficient (Wildman–Crippen LogP) is 4.83. The fourth-order valence-corrected chi connectivity index (χ4v) is 5.14. The summed E-state index contributed by atoms with van der Waals surface area (Å²) in [5, 5.41) is 2.42. The Labute approximate surface area is 188 Å². The van der Waals surface area contributed by atoms with Gasteiger partial charge in [0.15, 0.2) is 0 Å². The molecular weight excluding hydrogens is 400 g/mol. The number of thioether (sulfide) groups is 1. The van der Waals surface area contributed by atoms with Crippen molar-refractivity contribution >= 4 is 33.6 Å². The second-order valence-electron chi connectivity index (χ2n) is 8.16. The molecule has 0 radical (unpaired) electrons. The first kappa shape index (κ1) is 20.4. The van der Waals surface area contributed by atoms with Gasteiger partial charge in [0.1, 0.15) is 0 Å². The Morgan fingerprint density at radius 2 is 1.06 bits per heavy atom. The van der Waals surface area contributed by atoms with Gasteiger partial charge in [0.2, 0.25) is 0 Å². The molecule has 0 amide bonds. The molecule has 1 aliphatic heterocycles. The lowest BCUT2D eigenvalue weighted by Crippen LogP contribution is -2.35. The molecule has 1 aliphatic rings. The van der Waals surface area contributed by atoms with Gasteiger partial charge >= 0.3 is 0 Å². The SMILES string of the molecule is c1ccc2nc(CN3CCSCCN(Cc4ccc5ccccc5n4)CC3)ccc2c1. The highest BCUT2D eigenvalue weighted by atomic mass is 32.2. The fraction of sp³-hybridized carbons (Fsp3) is 0.308. The van der Waals surface area contributed by atoms with Crippen LogP contribution in [-0.2, 0) is 13.1 Å². The third-order valence-corrected chi connectivity index (χ3v) is 6.86. The van der Waals surface area contributed by atoms with E-state index in [1.54, 1.807) is 0 Å². The molecule has 4 aromatic rings. The average Bonchev–Trinajstić information content (AvgIpc) is 2.91. The lowest BCUT2D eigenvalue weighted by molar-refractivity contribution is 0.207. The number of pyridine rings is 2. The zero-order valence-electron chi connectivity index (χ0n) is 17.8. The van der Waals surface area contributed by atoms with E-state index in [-0.39, 0.29) is 0 Å². The van der Waals surface area contributed by atoms with Gasteiger partial charge in [0.25, 0.3) is 0 Å². The minimum absolute atomic E-state index is 0.910. The largest absolute Gasteiger partial charge is 0.295 e. The molecular formula is C26H28N4S.